The van der Waals surface area contributed by atoms with E-state index >= 15 is 0 Å². The number of carbonyl (C=O) groups excluding carboxylic acids is 1. The van der Waals surface area contributed by atoms with E-state index in [2.05, 4.69) is 5.32 Å². The maximum absolute atomic E-state index is 13.7. The number of nitrogens with one attached hydrogen (secondary N) is 1. The normalized spacial score (nSPS) is 11.1. The van der Waals surface area contributed by atoms with E-state index in [-0.39, 0.29) is 6.54 Å². The summed E-state index contributed by atoms with van der Waals surface area (Å²) in [5.74, 6) is 0.111. The third-order valence-corrected chi connectivity index (χ3v) is 7.09. The lowest BCUT2D eigenvalue weighted by Gasteiger charge is -2.14. The van der Waals surface area contributed by atoms with Gasteiger partial charge in [-0.3, -0.25) is 14.2 Å². The Hall–Kier alpha value is -4.17. The fourth-order valence-corrected chi connectivity index (χ4v) is 5.32. The summed E-state index contributed by atoms with van der Waals surface area (Å²) in [6.45, 7) is 1.78. The molecule has 0 unspecified atom stereocenters. The highest BCUT2D eigenvalue weighted by Crippen LogP contribution is 2.31. The third-order valence-electron chi connectivity index (χ3n) is 5.94. The topological polar surface area (TPSA) is 82.3 Å². The molecule has 0 fully saturated rings. The Balaban J connectivity index is 1.69. The van der Waals surface area contributed by atoms with Crippen LogP contribution in [0.2, 0.25) is 0 Å². The van der Waals surface area contributed by atoms with Crippen LogP contribution in [0, 0.1) is 0 Å². The average Bonchev–Trinajstić information content (AvgIpc) is 3.27. The van der Waals surface area contributed by atoms with Gasteiger partial charge < -0.3 is 10.1 Å². The summed E-state index contributed by atoms with van der Waals surface area (Å²) >= 11 is 1.32. The lowest BCUT2D eigenvalue weighted by molar-refractivity contribution is -0.116. The maximum atomic E-state index is 13.7. The van der Waals surface area contributed by atoms with Crippen LogP contribution in [-0.4, -0.2) is 22.2 Å². The van der Waals surface area contributed by atoms with E-state index < -0.39 is 17.2 Å². The lowest BCUT2D eigenvalue weighted by Crippen LogP contribution is -2.40. The van der Waals surface area contributed by atoms with Gasteiger partial charge in [0.05, 0.1) is 24.0 Å². The number of nitrogens with zero attached hydrogens (tertiary/aromatic N) is 2. The Bertz CT molecular complexity index is 1680. The minimum absolute atomic E-state index is 0.262. The van der Waals surface area contributed by atoms with Gasteiger partial charge in [-0.1, -0.05) is 49.4 Å². The quantitative estimate of drug-likeness (QED) is 0.382. The summed E-state index contributed by atoms with van der Waals surface area (Å²) in [6, 6.07) is 21.9. The van der Waals surface area contributed by atoms with Crippen molar-refractivity contribution in [1.82, 2.24) is 9.13 Å². The smallest absolute Gasteiger partial charge is 0.336 e. The molecular formula is C27H23N3O4S. The first-order valence-electron chi connectivity index (χ1n) is 11.2. The molecule has 5 aromatic rings. The second kappa shape index (κ2) is 9.23. The van der Waals surface area contributed by atoms with E-state index in [1.54, 1.807) is 36.4 Å². The first-order chi connectivity index (χ1) is 17.0. The molecule has 0 bridgehead atoms. The van der Waals surface area contributed by atoms with Gasteiger partial charge in [0, 0.05) is 10.1 Å². The molecule has 0 spiro atoms. The van der Waals surface area contributed by atoms with Crippen molar-refractivity contribution in [3.8, 4) is 11.4 Å². The molecule has 35 heavy (non-hydrogen) atoms. The molecule has 7 nitrogen and oxygen atoms in total. The number of ether oxygens (including phenoxy) is 1. The number of para-hydroxylation sites is 2. The van der Waals surface area contributed by atoms with Crippen molar-refractivity contribution in [2.75, 3.05) is 12.4 Å². The molecule has 2 heterocycles. The van der Waals surface area contributed by atoms with E-state index in [0.29, 0.717) is 27.3 Å². The summed E-state index contributed by atoms with van der Waals surface area (Å²) in [5, 5.41) is 3.59. The van der Waals surface area contributed by atoms with Crippen LogP contribution in [0.15, 0.2) is 82.4 Å². The summed E-state index contributed by atoms with van der Waals surface area (Å²) in [5.41, 5.74) is 1.58. The van der Waals surface area contributed by atoms with Crippen molar-refractivity contribution < 1.29 is 9.53 Å². The number of methoxy groups -OCH3 is 1. The van der Waals surface area contributed by atoms with Crippen LogP contribution in [0.3, 0.4) is 0 Å². The summed E-state index contributed by atoms with van der Waals surface area (Å²) in [7, 11) is 1.52. The minimum Gasteiger partial charge on any atom is -0.495 e. The van der Waals surface area contributed by atoms with Crippen LogP contribution in [-0.2, 0) is 17.8 Å². The van der Waals surface area contributed by atoms with Gasteiger partial charge in [0.1, 0.15) is 17.0 Å². The molecule has 0 saturated heterocycles. The molecule has 0 saturated carbocycles. The van der Waals surface area contributed by atoms with Gasteiger partial charge in [-0.15, -0.1) is 11.3 Å². The Labute approximate surface area is 204 Å². The molecular weight excluding hydrogens is 462 g/mol. The highest BCUT2D eigenvalue weighted by atomic mass is 32.1. The molecule has 0 aliphatic carbocycles. The van der Waals surface area contributed by atoms with E-state index in [4.69, 9.17) is 4.74 Å². The number of rotatable bonds is 6. The molecule has 3 aromatic carbocycles. The van der Waals surface area contributed by atoms with Crippen LogP contribution >= 0.6 is 11.3 Å². The molecule has 176 valence electrons. The largest absolute Gasteiger partial charge is 0.495 e. The van der Waals surface area contributed by atoms with Crippen molar-refractivity contribution in [2.45, 2.75) is 19.9 Å². The van der Waals surface area contributed by atoms with Gasteiger partial charge in [0.25, 0.3) is 5.56 Å². The highest BCUT2D eigenvalue weighted by molar-refractivity contribution is 7.25. The van der Waals surface area contributed by atoms with Crippen molar-refractivity contribution in [1.29, 1.82) is 0 Å². The Morgan fingerprint density at radius 3 is 2.43 bits per heavy atom. The number of aryl methyl sites for hydroxylation is 1. The number of hydrogen-bond donors (Lipinski definition) is 1. The Morgan fingerprint density at radius 2 is 1.69 bits per heavy atom. The second-order valence-corrected chi connectivity index (χ2v) is 9.11. The molecule has 0 atom stereocenters. The fraction of sp³-hybridized carbons (Fsp3) is 0.148. The molecule has 0 aliphatic heterocycles. The number of anilines is 1. The number of amides is 1. The molecule has 1 N–H and O–H groups in total. The maximum Gasteiger partial charge on any atom is 0.336 e. The number of fused-ring (bicyclic) bond motifs is 3. The fourth-order valence-electron chi connectivity index (χ4n) is 4.19. The van der Waals surface area contributed by atoms with Crippen LogP contribution in [0.4, 0.5) is 5.69 Å². The number of thiophene rings is 1. The predicted molar refractivity (Wildman–Crippen MR) is 140 cm³/mol. The van der Waals surface area contributed by atoms with E-state index in [9.17, 15) is 14.4 Å². The van der Waals surface area contributed by atoms with Gasteiger partial charge in [-0.05, 0) is 42.3 Å². The molecule has 8 heteroatoms. The first kappa shape index (κ1) is 22.6. The lowest BCUT2D eigenvalue weighted by atomic mass is 10.1. The van der Waals surface area contributed by atoms with Crippen molar-refractivity contribution in [2.24, 2.45) is 0 Å². The molecule has 0 radical (unpaired) electrons. The molecule has 2 aromatic heterocycles. The van der Waals surface area contributed by atoms with Crippen LogP contribution in [0.25, 0.3) is 26.0 Å². The Kier molecular flexibility index (Phi) is 5.96. The molecule has 5 rings (SSSR count). The number of carbonyl (C=O) groups is 1. The molecule has 0 aliphatic rings. The summed E-state index contributed by atoms with van der Waals surface area (Å²) in [6.07, 6.45) is 0.845. The number of benzene rings is 3. The van der Waals surface area contributed by atoms with Gasteiger partial charge in [-0.2, -0.15) is 0 Å². The van der Waals surface area contributed by atoms with Gasteiger partial charge in [0.15, 0.2) is 0 Å². The van der Waals surface area contributed by atoms with Gasteiger partial charge in [0.2, 0.25) is 5.91 Å². The highest BCUT2D eigenvalue weighted by Gasteiger charge is 2.21. The van der Waals surface area contributed by atoms with Crippen molar-refractivity contribution >= 4 is 43.2 Å². The standard InChI is InChI=1S/C27H23N3O4S/c1-3-17-12-14-18(15-13-17)30-26(32)25-24(19-8-4-7-11-22(19)35-25)29(27(30)33)16-23(31)28-20-9-5-6-10-21(20)34-2/h4-15H,3,16H2,1-2H3,(H,28,31). The van der Waals surface area contributed by atoms with Crippen LogP contribution in [0.5, 0.6) is 5.75 Å². The van der Waals surface area contributed by atoms with E-state index in [1.807, 2.05) is 43.3 Å². The average molecular weight is 486 g/mol. The zero-order valence-electron chi connectivity index (χ0n) is 19.3. The Morgan fingerprint density at radius 1 is 0.971 bits per heavy atom. The SMILES string of the molecule is CCc1ccc(-n2c(=O)c3sc4ccccc4c3n(CC(=O)Nc3ccccc3OC)c2=O)cc1. The monoisotopic (exact) mass is 485 g/mol. The first-order valence-corrected chi connectivity index (χ1v) is 12.0. The summed E-state index contributed by atoms with van der Waals surface area (Å²) < 4.78 is 9.15. The van der Waals surface area contributed by atoms with Crippen LogP contribution < -0.4 is 21.3 Å². The zero-order valence-corrected chi connectivity index (χ0v) is 20.1. The number of aromatic nitrogens is 2. The van der Waals surface area contributed by atoms with Crippen molar-refractivity contribution in [3.05, 3.63) is 99.2 Å². The van der Waals surface area contributed by atoms with Crippen LogP contribution in [0.1, 0.15) is 12.5 Å². The predicted octanol–water partition coefficient (Wildman–Crippen LogP) is 4.58. The zero-order chi connectivity index (χ0) is 24.5. The van der Waals surface area contributed by atoms with Gasteiger partial charge in [-0.25, -0.2) is 9.36 Å². The van der Waals surface area contributed by atoms with Crippen molar-refractivity contribution in [3.63, 3.8) is 0 Å². The second-order valence-electron chi connectivity index (χ2n) is 8.05. The third kappa shape index (κ3) is 4.02. The molecule has 1 amide bonds. The van der Waals surface area contributed by atoms with Gasteiger partial charge >= 0.3 is 5.69 Å². The summed E-state index contributed by atoms with van der Waals surface area (Å²) in [4.78, 5) is 40.4. The minimum atomic E-state index is -0.564. The number of hydrogen-bond acceptors (Lipinski definition) is 5. The van der Waals surface area contributed by atoms with E-state index in [1.165, 1.54) is 23.0 Å². The van der Waals surface area contributed by atoms with E-state index in [0.717, 1.165) is 26.6 Å².